The average molecular weight is 254 g/mol. The number of allylic oxidation sites excluding steroid dienone is 7. The normalized spacial score (nSPS) is 10.5. The van der Waals surface area contributed by atoms with Crippen LogP contribution in [0.5, 0.6) is 0 Å². The molecule has 0 heterocycles. The molecule has 0 aliphatic heterocycles. The van der Waals surface area contributed by atoms with Crippen molar-refractivity contribution < 1.29 is 13.9 Å². The molecule has 18 heavy (non-hydrogen) atoms. The van der Waals surface area contributed by atoms with Crippen LogP contribution in [0.15, 0.2) is 61.2 Å². The zero-order chi connectivity index (χ0) is 14.8. The minimum atomic E-state index is -0.801. The molecule has 0 saturated heterocycles. The molecular weight excluding hydrogens is 231 g/mol. The van der Waals surface area contributed by atoms with Crippen LogP contribution in [0.25, 0.3) is 0 Å². The number of rotatable bonds is 5. The molecule has 0 fully saturated rings. The van der Waals surface area contributed by atoms with Crippen LogP contribution in [0.3, 0.4) is 0 Å². The molecule has 0 rings (SSSR count). The standard InChI is InChI=1S/C8H9FO2.C5H8.C2H6/c1-3-4-7(6-10)5-8(9)11-2;1-3-5-4-2;1-2/h3-6H,1H2,2H3;3-5H,1H2,2H3;1-2H3/b7-4+,8-5+;5-4-;. The smallest absolute Gasteiger partial charge is 0.273 e. The van der Waals surface area contributed by atoms with E-state index < -0.39 is 6.01 Å². The number of hydrogen-bond donors (Lipinski definition) is 0. The Labute approximate surface area is 110 Å². The molecule has 0 radical (unpaired) electrons. The van der Waals surface area contributed by atoms with Crippen molar-refractivity contribution in [1.29, 1.82) is 0 Å². The van der Waals surface area contributed by atoms with E-state index in [1.807, 2.05) is 32.9 Å². The number of ether oxygens (including phenoxy) is 1. The summed E-state index contributed by atoms with van der Waals surface area (Å²) in [4.78, 5) is 10.2. The molecule has 3 heteroatoms. The second kappa shape index (κ2) is 20.5. The van der Waals surface area contributed by atoms with Gasteiger partial charge < -0.3 is 4.74 Å². The van der Waals surface area contributed by atoms with Gasteiger partial charge in [-0.25, -0.2) is 0 Å². The number of aldehydes is 1. The molecule has 0 atom stereocenters. The van der Waals surface area contributed by atoms with E-state index in [1.54, 1.807) is 6.08 Å². The van der Waals surface area contributed by atoms with Gasteiger partial charge in [-0.05, 0) is 6.92 Å². The molecule has 0 spiro atoms. The van der Waals surface area contributed by atoms with Gasteiger partial charge in [-0.15, -0.1) is 0 Å². The van der Waals surface area contributed by atoms with Gasteiger partial charge in [0.25, 0.3) is 6.01 Å². The highest BCUT2D eigenvalue weighted by Gasteiger charge is 1.93. The summed E-state index contributed by atoms with van der Waals surface area (Å²) in [6, 6.07) is -0.801. The minimum Gasteiger partial charge on any atom is -0.474 e. The Balaban J connectivity index is -0.000000270. The predicted octanol–water partition coefficient (Wildman–Crippen LogP) is 4.53. The molecule has 0 aliphatic rings. The number of halogens is 1. The molecule has 0 aromatic carbocycles. The molecule has 0 aromatic heterocycles. The summed E-state index contributed by atoms with van der Waals surface area (Å²) in [6.07, 6.45) is 9.84. The summed E-state index contributed by atoms with van der Waals surface area (Å²) in [5.74, 6) is 0. The Morgan fingerprint density at radius 1 is 1.22 bits per heavy atom. The zero-order valence-electron chi connectivity index (χ0n) is 11.7. The van der Waals surface area contributed by atoms with Gasteiger partial charge in [0.05, 0.1) is 7.11 Å². The van der Waals surface area contributed by atoms with E-state index in [4.69, 9.17) is 0 Å². The van der Waals surface area contributed by atoms with Crippen molar-refractivity contribution in [3.63, 3.8) is 0 Å². The quantitative estimate of drug-likeness (QED) is 0.312. The largest absolute Gasteiger partial charge is 0.474 e. The SMILES string of the molecule is C=C/C=C(C=O)\C=C(/F)OC.C=C/C=C\C.CC. The van der Waals surface area contributed by atoms with Crippen LogP contribution in [0.1, 0.15) is 20.8 Å². The van der Waals surface area contributed by atoms with Crippen LogP contribution in [0.2, 0.25) is 0 Å². The molecule has 0 N–H and O–H groups in total. The molecular formula is C15H23FO2. The van der Waals surface area contributed by atoms with Crippen molar-refractivity contribution in [1.82, 2.24) is 0 Å². The van der Waals surface area contributed by atoms with Gasteiger partial charge in [-0.3, -0.25) is 4.79 Å². The lowest BCUT2D eigenvalue weighted by atomic mass is 10.2. The second-order valence-corrected chi connectivity index (χ2v) is 2.43. The molecule has 0 bridgehead atoms. The Morgan fingerprint density at radius 2 is 1.78 bits per heavy atom. The van der Waals surface area contributed by atoms with Crippen LogP contribution in [-0.4, -0.2) is 13.4 Å². The maximum atomic E-state index is 12.3. The first-order chi connectivity index (χ1) is 8.65. The van der Waals surface area contributed by atoms with Crippen LogP contribution >= 0.6 is 0 Å². The Bertz CT molecular complexity index is 300. The first kappa shape index (κ1) is 21.4. The van der Waals surface area contributed by atoms with Gasteiger partial charge >= 0.3 is 0 Å². The fourth-order valence-electron chi connectivity index (χ4n) is 0.584. The van der Waals surface area contributed by atoms with Crippen molar-refractivity contribution >= 4 is 6.29 Å². The van der Waals surface area contributed by atoms with E-state index in [0.29, 0.717) is 6.29 Å². The van der Waals surface area contributed by atoms with E-state index in [-0.39, 0.29) is 5.57 Å². The summed E-state index contributed by atoms with van der Waals surface area (Å²) in [5.41, 5.74) is 0.180. The van der Waals surface area contributed by atoms with Crippen LogP contribution in [0, 0.1) is 0 Å². The van der Waals surface area contributed by atoms with Gasteiger partial charge in [0.1, 0.15) is 6.29 Å². The Kier molecular flexibility index (Phi) is 24.4. The summed E-state index contributed by atoms with van der Waals surface area (Å²) >= 11 is 0. The first-order valence-corrected chi connectivity index (χ1v) is 5.59. The van der Waals surface area contributed by atoms with Crippen molar-refractivity contribution in [2.24, 2.45) is 0 Å². The zero-order valence-corrected chi connectivity index (χ0v) is 11.7. The van der Waals surface area contributed by atoms with Crippen LogP contribution in [-0.2, 0) is 9.53 Å². The minimum absolute atomic E-state index is 0.180. The van der Waals surface area contributed by atoms with Crippen molar-refractivity contribution in [2.45, 2.75) is 20.8 Å². The number of hydrogen-bond acceptors (Lipinski definition) is 2. The number of carbonyl (C=O) groups excluding carboxylic acids is 1. The lowest BCUT2D eigenvalue weighted by molar-refractivity contribution is -0.104. The predicted molar refractivity (Wildman–Crippen MR) is 76.9 cm³/mol. The van der Waals surface area contributed by atoms with Crippen molar-refractivity contribution in [2.75, 3.05) is 7.11 Å². The second-order valence-electron chi connectivity index (χ2n) is 2.43. The van der Waals surface area contributed by atoms with Crippen LogP contribution < -0.4 is 0 Å². The van der Waals surface area contributed by atoms with Gasteiger partial charge in [-0.2, -0.15) is 4.39 Å². The van der Waals surface area contributed by atoms with Crippen LogP contribution in [0.4, 0.5) is 4.39 Å². The third kappa shape index (κ3) is 19.6. The highest BCUT2D eigenvalue weighted by molar-refractivity contribution is 5.77. The van der Waals surface area contributed by atoms with Crippen molar-refractivity contribution in [3.8, 4) is 0 Å². The van der Waals surface area contributed by atoms with Crippen molar-refractivity contribution in [3.05, 3.63) is 61.2 Å². The highest BCUT2D eigenvalue weighted by atomic mass is 19.1. The topological polar surface area (TPSA) is 26.3 Å². The lowest BCUT2D eigenvalue weighted by Gasteiger charge is -1.92. The highest BCUT2D eigenvalue weighted by Crippen LogP contribution is 2.02. The summed E-state index contributed by atoms with van der Waals surface area (Å²) in [6.45, 7) is 12.8. The van der Waals surface area contributed by atoms with Gasteiger partial charge in [0.15, 0.2) is 0 Å². The third-order valence-corrected chi connectivity index (χ3v) is 1.25. The maximum Gasteiger partial charge on any atom is 0.273 e. The summed E-state index contributed by atoms with van der Waals surface area (Å²) in [5, 5.41) is 0. The van der Waals surface area contributed by atoms with Gasteiger partial charge in [0, 0.05) is 11.6 Å². The number of methoxy groups -OCH3 is 1. The Morgan fingerprint density at radius 3 is 2.00 bits per heavy atom. The molecule has 0 saturated carbocycles. The molecule has 0 aliphatic carbocycles. The number of carbonyl (C=O) groups is 1. The monoisotopic (exact) mass is 254 g/mol. The lowest BCUT2D eigenvalue weighted by Crippen LogP contribution is -1.82. The van der Waals surface area contributed by atoms with Gasteiger partial charge in [-0.1, -0.05) is 57.4 Å². The maximum absolute atomic E-state index is 12.3. The molecule has 102 valence electrons. The third-order valence-electron chi connectivity index (χ3n) is 1.25. The molecule has 0 unspecified atom stereocenters. The van der Waals surface area contributed by atoms with E-state index in [0.717, 1.165) is 6.08 Å². The molecule has 0 aromatic rings. The average Bonchev–Trinajstić information content (AvgIpc) is 2.42. The fraction of sp³-hybridized carbons (Fsp3) is 0.267. The van der Waals surface area contributed by atoms with E-state index in [2.05, 4.69) is 17.9 Å². The Hall–Kier alpha value is -1.90. The summed E-state index contributed by atoms with van der Waals surface area (Å²) < 4.78 is 16.5. The summed E-state index contributed by atoms with van der Waals surface area (Å²) in [7, 11) is 1.18. The van der Waals surface area contributed by atoms with E-state index >= 15 is 0 Å². The van der Waals surface area contributed by atoms with E-state index in [1.165, 1.54) is 19.3 Å². The first-order valence-electron chi connectivity index (χ1n) is 5.59. The molecule has 2 nitrogen and oxygen atoms in total. The molecule has 0 amide bonds. The van der Waals surface area contributed by atoms with Gasteiger partial charge in [0.2, 0.25) is 0 Å². The van der Waals surface area contributed by atoms with E-state index in [9.17, 15) is 9.18 Å². The fourth-order valence-corrected chi connectivity index (χ4v) is 0.584.